The fraction of sp³-hybridized carbons (Fsp3) is 1.00. The topological polar surface area (TPSA) is 9.23 Å². The zero-order valence-electron chi connectivity index (χ0n) is 6.80. The molecule has 2 heteroatoms. The fourth-order valence-corrected chi connectivity index (χ4v) is 2.35. The van der Waals surface area contributed by atoms with Gasteiger partial charge in [0.2, 0.25) is 0 Å². The Morgan fingerprint density at radius 2 is 2.40 bits per heavy atom. The lowest BCUT2D eigenvalue weighted by molar-refractivity contribution is 0.127. The van der Waals surface area contributed by atoms with Gasteiger partial charge in [0.25, 0.3) is 0 Å². The first-order chi connectivity index (χ1) is 4.84. The van der Waals surface area contributed by atoms with Crippen molar-refractivity contribution in [3.8, 4) is 0 Å². The molecule has 0 aromatic carbocycles. The van der Waals surface area contributed by atoms with Gasteiger partial charge in [0.05, 0.1) is 6.10 Å². The van der Waals surface area contributed by atoms with Gasteiger partial charge in [-0.25, -0.2) is 0 Å². The van der Waals surface area contributed by atoms with Crippen LogP contribution in [-0.2, 0) is 4.74 Å². The highest BCUT2D eigenvalue weighted by Crippen LogP contribution is 2.26. The predicted octanol–water partition coefficient (Wildman–Crippen LogP) is 2.31. The molecule has 0 aromatic rings. The third kappa shape index (κ3) is 2.17. The van der Waals surface area contributed by atoms with Crippen molar-refractivity contribution in [3.63, 3.8) is 0 Å². The van der Waals surface area contributed by atoms with Gasteiger partial charge >= 0.3 is 0 Å². The van der Waals surface area contributed by atoms with Crippen LogP contribution in [0.15, 0.2) is 0 Å². The van der Waals surface area contributed by atoms with E-state index in [0.717, 1.165) is 11.9 Å². The third-order valence-corrected chi connectivity index (χ3v) is 3.53. The van der Waals surface area contributed by atoms with E-state index in [1.807, 2.05) is 0 Å². The van der Waals surface area contributed by atoms with Crippen molar-refractivity contribution >= 4 is 11.8 Å². The highest BCUT2D eigenvalue weighted by atomic mass is 32.2. The van der Waals surface area contributed by atoms with E-state index < -0.39 is 0 Å². The lowest BCUT2D eigenvalue weighted by Crippen LogP contribution is -2.13. The summed E-state index contributed by atoms with van der Waals surface area (Å²) in [5, 5.41) is 0.778. The molecule has 2 unspecified atom stereocenters. The second-order valence-corrected chi connectivity index (χ2v) is 4.12. The molecule has 1 rings (SSSR count). The average molecular weight is 160 g/mol. The van der Waals surface area contributed by atoms with Gasteiger partial charge in [-0.1, -0.05) is 6.92 Å². The zero-order valence-corrected chi connectivity index (χ0v) is 7.62. The van der Waals surface area contributed by atoms with Crippen LogP contribution in [0.5, 0.6) is 0 Å². The van der Waals surface area contributed by atoms with E-state index in [9.17, 15) is 0 Å². The van der Waals surface area contributed by atoms with E-state index in [2.05, 4.69) is 25.6 Å². The van der Waals surface area contributed by atoms with Gasteiger partial charge < -0.3 is 4.74 Å². The summed E-state index contributed by atoms with van der Waals surface area (Å²) in [7, 11) is 0. The number of hydrogen-bond donors (Lipinski definition) is 0. The molecule has 0 spiro atoms. The molecule has 1 fully saturated rings. The van der Waals surface area contributed by atoms with Crippen molar-refractivity contribution in [2.75, 3.05) is 12.4 Å². The summed E-state index contributed by atoms with van der Waals surface area (Å²) >= 11 is 2.07. The van der Waals surface area contributed by atoms with Crippen molar-refractivity contribution in [1.29, 1.82) is 0 Å². The largest absolute Gasteiger partial charge is 0.377 e. The highest BCUT2D eigenvalue weighted by molar-refractivity contribution is 7.99. The molecule has 1 heterocycles. The molecule has 0 bridgehead atoms. The van der Waals surface area contributed by atoms with Crippen molar-refractivity contribution in [3.05, 3.63) is 0 Å². The van der Waals surface area contributed by atoms with Crippen LogP contribution in [0.3, 0.4) is 0 Å². The van der Waals surface area contributed by atoms with Crippen molar-refractivity contribution in [2.45, 2.75) is 38.0 Å². The molecular weight excluding hydrogens is 144 g/mol. The maximum atomic E-state index is 5.44. The van der Waals surface area contributed by atoms with Crippen molar-refractivity contribution < 1.29 is 4.74 Å². The van der Waals surface area contributed by atoms with Gasteiger partial charge in [-0.15, -0.1) is 0 Å². The molecule has 2 atom stereocenters. The maximum Gasteiger partial charge on any atom is 0.0666 e. The minimum absolute atomic E-state index is 0.497. The smallest absolute Gasteiger partial charge is 0.0666 e. The van der Waals surface area contributed by atoms with E-state index >= 15 is 0 Å². The third-order valence-electron chi connectivity index (χ3n) is 1.84. The summed E-state index contributed by atoms with van der Waals surface area (Å²) in [6.45, 7) is 5.39. The van der Waals surface area contributed by atoms with Gasteiger partial charge in [-0.2, -0.15) is 11.8 Å². The summed E-state index contributed by atoms with van der Waals surface area (Å²) in [6, 6.07) is 0. The first-order valence-electron chi connectivity index (χ1n) is 4.07. The van der Waals surface area contributed by atoms with E-state index in [1.165, 1.54) is 18.6 Å². The lowest BCUT2D eigenvalue weighted by atomic mass is 10.3. The number of hydrogen-bond acceptors (Lipinski definition) is 2. The molecule has 1 saturated heterocycles. The Labute approximate surface area is 67.5 Å². The second-order valence-electron chi connectivity index (χ2n) is 2.77. The summed E-state index contributed by atoms with van der Waals surface area (Å²) in [6.07, 6.45) is 3.04. The van der Waals surface area contributed by atoms with Crippen LogP contribution in [-0.4, -0.2) is 23.7 Å². The quantitative estimate of drug-likeness (QED) is 0.626. The van der Waals surface area contributed by atoms with Crippen LogP contribution in [0.25, 0.3) is 0 Å². The normalized spacial score (nSPS) is 33.0. The first-order valence-corrected chi connectivity index (χ1v) is 5.12. The van der Waals surface area contributed by atoms with Gasteiger partial charge in [0.15, 0.2) is 0 Å². The Balaban J connectivity index is 2.14. The lowest BCUT2D eigenvalue weighted by Gasteiger charge is -2.11. The van der Waals surface area contributed by atoms with Crippen LogP contribution in [0.2, 0.25) is 0 Å². The van der Waals surface area contributed by atoms with E-state index in [1.54, 1.807) is 0 Å². The SMILES string of the molecule is CCCSC1CCOC1C. The number of ether oxygens (including phenoxy) is 1. The molecule has 1 aliphatic heterocycles. The van der Waals surface area contributed by atoms with Crippen LogP contribution in [0, 0.1) is 0 Å². The molecule has 0 aliphatic carbocycles. The second kappa shape index (κ2) is 4.24. The standard InChI is InChI=1S/C8H16OS/c1-3-6-10-8-4-5-9-7(8)2/h7-8H,3-6H2,1-2H3. The monoisotopic (exact) mass is 160 g/mol. The molecule has 0 N–H and O–H groups in total. The average Bonchev–Trinajstić information content (AvgIpc) is 2.31. The van der Waals surface area contributed by atoms with E-state index in [4.69, 9.17) is 4.74 Å². The Hall–Kier alpha value is 0.310. The van der Waals surface area contributed by atoms with Crippen LogP contribution >= 0.6 is 11.8 Å². The molecule has 0 saturated carbocycles. The molecule has 0 radical (unpaired) electrons. The number of thioether (sulfide) groups is 1. The highest BCUT2D eigenvalue weighted by Gasteiger charge is 2.23. The van der Waals surface area contributed by atoms with Gasteiger partial charge in [0.1, 0.15) is 0 Å². The Kier molecular flexibility index (Phi) is 3.57. The van der Waals surface area contributed by atoms with E-state index in [-0.39, 0.29) is 0 Å². The molecule has 1 nitrogen and oxygen atoms in total. The molecule has 1 aliphatic rings. The molecule has 10 heavy (non-hydrogen) atoms. The summed E-state index contributed by atoms with van der Waals surface area (Å²) in [5.41, 5.74) is 0. The fourth-order valence-electron chi connectivity index (χ4n) is 1.20. The van der Waals surface area contributed by atoms with E-state index in [0.29, 0.717) is 6.10 Å². The molecule has 60 valence electrons. The van der Waals surface area contributed by atoms with Crippen LogP contribution in [0.4, 0.5) is 0 Å². The number of rotatable bonds is 3. The van der Waals surface area contributed by atoms with Crippen molar-refractivity contribution in [2.24, 2.45) is 0 Å². The summed E-state index contributed by atoms with van der Waals surface area (Å²) in [4.78, 5) is 0. The molecule has 0 amide bonds. The Bertz CT molecular complexity index is 95.3. The van der Waals surface area contributed by atoms with Gasteiger partial charge in [0, 0.05) is 11.9 Å². The van der Waals surface area contributed by atoms with Gasteiger partial charge in [-0.3, -0.25) is 0 Å². The van der Waals surface area contributed by atoms with Crippen LogP contribution < -0.4 is 0 Å². The van der Waals surface area contributed by atoms with Gasteiger partial charge in [-0.05, 0) is 25.5 Å². The first kappa shape index (κ1) is 8.41. The molecular formula is C8H16OS. The summed E-state index contributed by atoms with van der Waals surface area (Å²) < 4.78 is 5.44. The summed E-state index contributed by atoms with van der Waals surface area (Å²) in [5.74, 6) is 1.29. The maximum absolute atomic E-state index is 5.44. The molecule has 0 aromatic heterocycles. The zero-order chi connectivity index (χ0) is 7.40. The predicted molar refractivity (Wildman–Crippen MR) is 46.6 cm³/mol. The minimum atomic E-state index is 0.497. The van der Waals surface area contributed by atoms with Crippen LogP contribution in [0.1, 0.15) is 26.7 Å². The Morgan fingerprint density at radius 3 is 2.90 bits per heavy atom. The minimum Gasteiger partial charge on any atom is -0.377 e. The van der Waals surface area contributed by atoms with Crippen molar-refractivity contribution in [1.82, 2.24) is 0 Å². The Morgan fingerprint density at radius 1 is 1.60 bits per heavy atom.